The minimum atomic E-state index is -1.82. The van der Waals surface area contributed by atoms with E-state index < -0.39 is 11.9 Å². The number of fused-ring (bicyclic) bond motifs is 1. The van der Waals surface area contributed by atoms with Crippen LogP contribution in [0.1, 0.15) is 12.5 Å². The molecule has 2 rings (SSSR count). The minimum absolute atomic E-state index is 0.273. The van der Waals surface area contributed by atoms with Gasteiger partial charge in [0.1, 0.15) is 0 Å². The number of aromatic nitrogens is 1. The van der Waals surface area contributed by atoms with Gasteiger partial charge >= 0.3 is 11.9 Å². The van der Waals surface area contributed by atoms with Gasteiger partial charge in [0.05, 0.1) is 7.11 Å². The fourth-order valence-electron chi connectivity index (χ4n) is 2.05. The molecular formula is C16H21FN2O5. The van der Waals surface area contributed by atoms with Crippen LogP contribution in [-0.2, 0) is 16.0 Å². The monoisotopic (exact) mass is 340 g/mol. The first kappa shape index (κ1) is 19.4. The quantitative estimate of drug-likeness (QED) is 0.719. The Morgan fingerprint density at radius 3 is 2.42 bits per heavy atom. The van der Waals surface area contributed by atoms with E-state index in [0.29, 0.717) is 11.1 Å². The summed E-state index contributed by atoms with van der Waals surface area (Å²) in [5.74, 6) is -3.62. The Morgan fingerprint density at radius 1 is 1.29 bits per heavy atom. The number of rotatable bonds is 5. The fourth-order valence-corrected chi connectivity index (χ4v) is 2.05. The van der Waals surface area contributed by atoms with Gasteiger partial charge in [0, 0.05) is 23.6 Å². The highest BCUT2D eigenvalue weighted by molar-refractivity contribution is 6.27. The lowest BCUT2D eigenvalue weighted by atomic mass is 10.1. The maximum Gasteiger partial charge on any atom is 0.414 e. The van der Waals surface area contributed by atoms with Gasteiger partial charge in [-0.3, -0.25) is 0 Å². The van der Waals surface area contributed by atoms with Crippen molar-refractivity contribution in [2.24, 2.45) is 0 Å². The second-order valence-electron chi connectivity index (χ2n) is 5.07. The molecule has 0 unspecified atom stereocenters. The number of carboxylic acid groups (broad SMARTS) is 2. The number of hydrogen-bond acceptors (Lipinski definition) is 4. The van der Waals surface area contributed by atoms with Gasteiger partial charge in [-0.15, -0.1) is 0 Å². The number of ether oxygens (including phenoxy) is 1. The second kappa shape index (κ2) is 8.88. The molecule has 0 amide bonds. The van der Waals surface area contributed by atoms with Crippen molar-refractivity contribution in [3.63, 3.8) is 0 Å². The number of H-pyrrole nitrogens is 1. The largest absolute Gasteiger partial charge is 0.494 e. The third kappa shape index (κ3) is 4.95. The fraction of sp³-hybridized carbons (Fsp3) is 0.375. The Bertz CT molecular complexity index is 702. The molecule has 0 radical (unpaired) electrons. The van der Waals surface area contributed by atoms with Gasteiger partial charge in [-0.1, -0.05) is 6.92 Å². The van der Waals surface area contributed by atoms with Crippen molar-refractivity contribution in [3.05, 3.63) is 29.7 Å². The molecule has 24 heavy (non-hydrogen) atoms. The summed E-state index contributed by atoms with van der Waals surface area (Å²) in [4.78, 5) is 23.5. The summed E-state index contributed by atoms with van der Waals surface area (Å²) in [6.45, 7) is 4.02. The minimum Gasteiger partial charge on any atom is -0.494 e. The Kier molecular flexibility index (Phi) is 7.19. The maximum atomic E-state index is 14.2. The van der Waals surface area contributed by atoms with Crippen LogP contribution >= 0.6 is 0 Å². The molecule has 1 heterocycles. The van der Waals surface area contributed by atoms with Gasteiger partial charge in [-0.2, -0.15) is 0 Å². The molecule has 8 heteroatoms. The molecule has 0 fully saturated rings. The lowest BCUT2D eigenvalue weighted by molar-refractivity contribution is -0.159. The average molecular weight is 340 g/mol. The Hall–Kier alpha value is -2.61. The third-order valence-corrected chi connectivity index (χ3v) is 3.54. The van der Waals surface area contributed by atoms with Crippen molar-refractivity contribution < 1.29 is 28.9 Å². The smallest absolute Gasteiger partial charge is 0.414 e. The molecule has 0 atom stereocenters. The summed E-state index contributed by atoms with van der Waals surface area (Å²) in [6.07, 6.45) is 2.71. The van der Waals surface area contributed by atoms with E-state index in [-0.39, 0.29) is 5.82 Å². The van der Waals surface area contributed by atoms with Crippen LogP contribution in [0.4, 0.5) is 4.39 Å². The summed E-state index contributed by atoms with van der Waals surface area (Å²) in [5, 5.41) is 15.4. The van der Waals surface area contributed by atoms with Crippen LogP contribution < -0.4 is 4.74 Å². The number of halogens is 1. The van der Waals surface area contributed by atoms with Crippen molar-refractivity contribution in [1.29, 1.82) is 0 Å². The molecule has 1 aromatic heterocycles. The normalized spacial score (nSPS) is 10.4. The van der Waals surface area contributed by atoms with Crippen molar-refractivity contribution in [2.45, 2.75) is 13.3 Å². The van der Waals surface area contributed by atoms with Crippen molar-refractivity contribution in [2.75, 3.05) is 27.2 Å². The molecule has 0 aliphatic carbocycles. The first-order chi connectivity index (χ1) is 11.3. The molecule has 0 bridgehead atoms. The zero-order valence-electron chi connectivity index (χ0n) is 13.8. The molecule has 0 saturated carbocycles. The van der Waals surface area contributed by atoms with Crippen LogP contribution in [0.25, 0.3) is 10.9 Å². The van der Waals surface area contributed by atoms with Crippen LogP contribution in [0.2, 0.25) is 0 Å². The van der Waals surface area contributed by atoms with Gasteiger partial charge in [0.25, 0.3) is 0 Å². The number of aliphatic carboxylic acids is 2. The van der Waals surface area contributed by atoms with E-state index in [1.807, 2.05) is 12.3 Å². The first-order valence-electron chi connectivity index (χ1n) is 7.29. The molecule has 132 valence electrons. The van der Waals surface area contributed by atoms with Crippen molar-refractivity contribution in [1.82, 2.24) is 9.88 Å². The summed E-state index contributed by atoms with van der Waals surface area (Å²) in [5.41, 5.74) is 1.82. The van der Waals surface area contributed by atoms with Gasteiger partial charge in [-0.05, 0) is 37.7 Å². The number of methoxy groups -OCH3 is 1. The Balaban J connectivity index is 0.000000413. The lowest BCUT2D eigenvalue weighted by Crippen LogP contribution is -2.20. The van der Waals surface area contributed by atoms with Crippen LogP contribution in [0.5, 0.6) is 5.75 Å². The number of nitrogens with one attached hydrogen (secondary N) is 1. The van der Waals surface area contributed by atoms with E-state index in [1.165, 1.54) is 7.11 Å². The molecule has 7 nitrogen and oxygen atoms in total. The Morgan fingerprint density at radius 2 is 1.92 bits per heavy atom. The predicted octanol–water partition coefficient (Wildman–Crippen LogP) is 1.97. The third-order valence-electron chi connectivity index (χ3n) is 3.54. The van der Waals surface area contributed by atoms with Gasteiger partial charge < -0.3 is 24.8 Å². The number of benzene rings is 1. The van der Waals surface area contributed by atoms with E-state index >= 15 is 0 Å². The summed E-state index contributed by atoms with van der Waals surface area (Å²) in [7, 11) is 3.55. The van der Waals surface area contributed by atoms with Crippen molar-refractivity contribution >= 4 is 22.8 Å². The highest BCUT2D eigenvalue weighted by atomic mass is 19.1. The number of carbonyl (C=O) groups is 2. The topological polar surface area (TPSA) is 103 Å². The van der Waals surface area contributed by atoms with Crippen molar-refractivity contribution in [3.8, 4) is 5.75 Å². The van der Waals surface area contributed by atoms with E-state index in [1.54, 1.807) is 6.07 Å². The van der Waals surface area contributed by atoms with Crippen LogP contribution in [-0.4, -0.2) is 59.3 Å². The van der Waals surface area contributed by atoms with E-state index in [9.17, 15) is 4.39 Å². The van der Waals surface area contributed by atoms with Gasteiger partial charge in [0.15, 0.2) is 11.6 Å². The molecule has 1 aromatic carbocycles. The predicted molar refractivity (Wildman–Crippen MR) is 87.0 cm³/mol. The van der Waals surface area contributed by atoms with Crippen LogP contribution in [0.3, 0.4) is 0 Å². The molecule has 0 aliphatic rings. The van der Waals surface area contributed by atoms with Crippen LogP contribution in [0.15, 0.2) is 18.3 Å². The van der Waals surface area contributed by atoms with E-state index in [2.05, 4.69) is 23.9 Å². The maximum absolute atomic E-state index is 14.2. The van der Waals surface area contributed by atoms with Gasteiger partial charge in [-0.25, -0.2) is 14.0 Å². The van der Waals surface area contributed by atoms with Crippen LogP contribution in [0, 0.1) is 5.82 Å². The lowest BCUT2D eigenvalue weighted by Gasteiger charge is -2.13. The number of likely N-dealkylation sites (N-methyl/N-ethyl adjacent to an activating group) is 1. The summed E-state index contributed by atoms with van der Waals surface area (Å²) >= 11 is 0. The molecule has 0 aliphatic heterocycles. The Labute approximate surface area is 138 Å². The molecule has 3 N–H and O–H groups in total. The number of nitrogens with zero attached hydrogens (tertiary/aromatic N) is 1. The van der Waals surface area contributed by atoms with E-state index in [0.717, 1.165) is 30.6 Å². The second-order valence-corrected chi connectivity index (χ2v) is 5.07. The molecule has 2 aromatic rings. The number of carboxylic acids is 2. The van der Waals surface area contributed by atoms with Gasteiger partial charge in [0.2, 0.25) is 0 Å². The molecule has 0 saturated heterocycles. The zero-order valence-corrected chi connectivity index (χ0v) is 13.8. The zero-order chi connectivity index (χ0) is 18.3. The SMILES string of the molecule is CCN(C)CCc1c[nH]c2ccc(OC)c(F)c12.O=C(O)C(=O)O. The highest BCUT2D eigenvalue weighted by Crippen LogP contribution is 2.28. The standard InChI is InChI=1S/C14H19FN2O.C2H2O4/c1-4-17(2)8-7-10-9-16-11-5-6-12(18-3)14(15)13(10)11;3-1(4)2(5)6/h5-6,9,16H,4,7-8H2,1-3H3;(H,3,4)(H,5,6). The summed E-state index contributed by atoms with van der Waals surface area (Å²) < 4.78 is 19.2. The number of hydrogen-bond donors (Lipinski definition) is 3. The first-order valence-corrected chi connectivity index (χ1v) is 7.29. The average Bonchev–Trinajstić information content (AvgIpc) is 2.97. The molecule has 0 spiro atoms. The summed E-state index contributed by atoms with van der Waals surface area (Å²) in [6, 6.07) is 3.50. The molecular weight excluding hydrogens is 319 g/mol. The van der Waals surface area contributed by atoms with E-state index in [4.69, 9.17) is 24.5 Å². The number of aromatic amines is 1. The highest BCUT2D eigenvalue weighted by Gasteiger charge is 2.13.